The zero-order chi connectivity index (χ0) is 15.7. The van der Waals surface area contributed by atoms with Crippen LogP contribution in [-0.4, -0.2) is 25.0 Å². The Morgan fingerprint density at radius 3 is 2.36 bits per heavy atom. The van der Waals surface area contributed by atoms with Gasteiger partial charge >= 0.3 is 0 Å². The normalized spacial score (nSPS) is 19.5. The number of halogens is 1. The highest BCUT2D eigenvalue weighted by Crippen LogP contribution is 2.41. The number of thioether (sulfide) groups is 1. The van der Waals surface area contributed by atoms with Crippen molar-refractivity contribution in [3.8, 4) is 0 Å². The quantitative estimate of drug-likeness (QED) is 0.778. The fourth-order valence-electron chi connectivity index (χ4n) is 2.44. The van der Waals surface area contributed by atoms with Gasteiger partial charge in [0.05, 0.1) is 10.3 Å². The molecule has 3 nitrogen and oxygen atoms in total. The highest BCUT2D eigenvalue weighted by atomic mass is 79.9. The van der Waals surface area contributed by atoms with Crippen molar-refractivity contribution in [2.45, 2.75) is 17.2 Å². The first-order valence-corrected chi connectivity index (χ1v) is 10.2. The van der Waals surface area contributed by atoms with Crippen LogP contribution in [0.2, 0.25) is 0 Å². The van der Waals surface area contributed by atoms with Crippen LogP contribution in [0, 0.1) is 6.92 Å². The second-order valence-corrected chi connectivity index (χ2v) is 9.20. The van der Waals surface area contributed by atoms with Crippen molar-refractivity contribution in [1.82, 2.24) is 4.31 Å². The lowest BCUT2D eigenvalue weighted by atomic mass is 10.2. The molecule has 0 aromatic heterocycles. The Hall–Kier alpha value is -0.820. The molecule has 1 heterocycles. The number of benzene rings is 2. The molecule has 1 aliphatic rings. The number of hydrogen-bond donors (Lipinski definition) is 0. The summed E-state index contributed by atoms with van der Waals surface area (Å²) in [6, 6.07) is 14.9. The Labute approximate surface area is 143 Å². The number of sulfonamides is 1. The van der Waals surface area contributed by atoms with Crippen molar-refractivity contribution in [2.24, 2.45) is 0 Å². The lowest BCUT2D eigenvalue weighted by Crippen LogP contribution is -2.30. The summed E-state index contributed by atoms with van der Waals surface area (Å²) in [6.45, 7) is 2.49. The van der Waals surface area contributed by atoms with Gasteiger partial charge in [0.2, 0.25) is 10.0 Å². The van der Waals surface area contributed by atoms with E-state index in [0.717, 1.165) is 21.4 Å². The second-order valence-electron chi connectivity index (χ2n) is 5.20. The molecule has 1 aliphatic heterocycles. The standard InChI is InChI=1S/C16H16BrNO2S2/c1-12-2-8-15(9-3-12)22(19,20)18-10-11-21-16(18)13-4-6-14(17)7-5-13/h2-9,16H,10-11H2,1H3/t16-/m1/s1. The third-order valence-electron chi connectivity index (χ3n) is 3.63. The van der Waals surface area contributed by atoms with Crippen LogP contribution in [0.1, 0.15) is 16.5 Å². The van der Waals surface area contributed by atoms with Gasteiger partial charge in [0.1, 0.15) is 0 Å². The van der Waals surface area contributed by atoms with Crippen LogP contribution in [0.4, 0.5) is 0 Å². The van der Waals surface area contributed by atoms with Crippen LogP contribution in [0.3, 0.4) is 0 Å². The summed E-state index contributed by atoms with van der Waals surface area (Å²) in [7, 11) is -3.46. The summed E-state index contributed by atoms with van der Waals surface area (Å²) in [6.07, 6.45) is 0. The average Bonchev–Trinajstić information content (AvgIpc) is 2.99. The first-order valence-electron chi connectivity index (χ1n) is 6.94. The van der Waals surface area contributed by atoms with Crippen LogP contribution in [0.25, 0.3) is 0 Å². The lowest BCUT2D eigenvalue weighted by Gasteiger charge is -2.23. The Morgan fingerprint density at radius 2 is 1.73 bits per heavy atom. The van der Waals surface area contributed by atoms with Crippen molar-refractivity contribution in [1.29, 1.82) is 0 Å². The van der Waals surface area contributed by atoms with Gasteiger partial charge in [0, 0.05) is 16.8 Å². The van der Waals surface area contributed by atoms with Gasteiger partial charge in [-0.05, 0) is 36.8 Å². The molecule has 0 spiro atoms. The van der Waals surface area contributed by atoms with Gasteiger partial charge in [0.15, 0.2) is 0 Å². The molecule has 2 aromatic carbocycles. The molecule has 0 amide bonds. The molecule has 2 aromatic rings. The van der Waals surface area contributed by atoms with Crippen LogP contribution in [0.5, 0.6) is 0 Å². The van der Waals surface area contributed by atoms with Crippen molar-refractivity contribution in [3.05, 3.63) is 64.1 Å². The fraction of sp³-hybridized carbons (Fsp3) is 0.250. The molecule has 1 saturated heterocycles. The molecule has 1 atom stereocenters. The first-order chi connectivity index (χ1) is 10.5. The monoisotopic (exact) mass is 397 g/mol. The molecule has 0 radical (unpaired) electrons. The van der Waals surface area contributed by atoms with E-state index >= 15 is 0 Å². The minimum absolute atomic E-state index is 0.153. The van der Waals surface area contributed by atoms with Gasteiger partial charge in [-0.2, -0.15) is 4.31 Å². The topological polar surface area (TPSA) is 37.4 Å². The molecular formula is C16H16BrNO2S2. The fourth-order valence-corrected chi connectivity index (χ4v) is 5.94. The van der Waals surface area contributed by atoms with E-state index in [0.29, 0.717) is 11.4 Å². The summed E-state index contributed by atoms with van der Waals surface area (Å²) in [5, 5.41) is -0.153. The van der Waals surface area contributed by atoms with E-state index in [4.69, 9.17) is 0 Å². The van der Waals surface area contributed by atoms with E-state index in [9.17, 15) is 8.42 Å². The third-order valence-corrected chi connectivity index (χ3v) is 7.43. The Bertz CT molecular complexity index is 758. The van der Waals surface area contributed by atoms with Crippen molar-refractivity contribution in [2.75, 3.05) is 12.3 Å². The van der Waals surface area contributed by atoms with Crippen LogP contribution in [-0.2, 0) is 10.0 Å². The Kier molecular flexibility index (Phi) is 4.64. The third kappa shape index (κ3) is 3.11. The van der Waals surface area contributed by atoms with Gasteiger partial charge in [-0.15, -0.1) is 11.8 Å². The molecule has 3 rings (SSSR count). The molecule has 0 bridgehead atoms. The highest BCUT2D eigenvalue weighted by Gasteiger charge is 2.36. The summed E-state index contributed by atoms with van der Waals surface area (Å²) < 4.78 is 28.4. The van der Waals surface area contributed by atoms with Gasteiger partial charge in [0.25, 0.3) is 0 Å². The lowest BCUT2D eigenvalue weighted by molar-refractivity contribution is 0.434. The maximum atomic E-state index is 12.9. The minimum atomic E-state index is -3.46. The highest BCUT2D eigenvalue weighted by molar-refractivity contribution is 9.10. The smallest absolute Gasteiger partial charge is 0.207 e. The Morgan fingerprint density at radius 1 is 1.09 bits per heavy atom. The summed E-state index contributed by atoms with van der Waals surface area (Å²) in [5.41, 5.74) is 2.07. The number of aryl methyl sites for hydroxylation is 1. The summed E-state index contributed by atoms with van der Waals surface area (Å²) >= 11 is 5.08. The molecule has 0 N–H and O–H groups in total. The van der Waals surface area contributed by atoms with E-state index in [1.165, 1.54) is 0 Å². The zero-order valence-corrected chi connectivity index (χ0v) is 15.3. The zero-order valence-electron chi connectivity index (χ0n) is 12.1. The largest absolute Gasteiger partial charge is 0.244 e. The van der Waals surface area contributed by atoms with E-state index < -0.39 is 10.0 Å². The molecule has 0 saturated carbocycles. The molecule has 0 aliphatic carbocycles. The van der Waals surface area contributed by atoms with Gasteiger partial charge in [-0.25, -0.2) is 8.42 Å². The summed E-state index contributed by atoms with van der Waals surface area (Å²) in [4.78, 5) is 0.364. The average molecular weight is 398 g/mol. The van der Waals surface area contributed by atoms with Gasteiger partial charge in [-0.3, -0.25) is 0 Å². The van der Waals surface area contributed by atoms with E-state index in [1.807, 2.05) is 43.3 Å². The molecule has 0 unspecified atom stereocenters. The maximum Gasteiger partial charge on any atom is 0.244 e. The number of nitrogens with zero attached hydrogens (tertiary/aromatic N) is 1. The molecule has 1 fully saturated rings. The van der Waals surface area contributed by atoms with Gasteiger partial charge in [-0.1, -0.05) is 45.8 Å². The second kappa shape index (κ2) is 6.35. The predicted molar refractivity (Wildman–Crippen MR) is 94.4 cm³/mol. The van der Waals surface area contributed by atoms with Gasteiger partial charge < -0.3 is 0 Å². The van der Waals surface area contributed by atoms with E-state index in [-0.39, 0.29) is 5.37 Å². The van der Waals surface area contributed by atoms with E-state index in [1.54, 1.807) is 28.2 Å². The molecule has 116 valence electrons. The maximum absolute atomic E-state index is 12.9. The van der Waals surface area contributed by atoms with Crippen molar-refractivity contribution in [3.63, 3.8) is 0 Å². The minimum Gasteiger partial charge on any atom is -0.207 e. The first kappa shape index (κ1) is 16.1. The Balaban J connectivity index is 1.95. The SMILES string of the molecule is Cc1ccc(S(=O)(=O)N2CCS[C@@H]2c2ccc(Br)cc2)cc1. The van der Waals surface area contributed by atoms with Crippen LogP contribution >= 0.6 is 27.7 Å². The number of hydrogen-bond acceptors (Lipinski definition) is 3. The van der Waals surface area contributed by atoms with E-state index in [2.05, 4.69) is 15.9 Å². The van der Waals surface area contributed by atoms with Crippen molar-refractivity contribution < 1.29 is 8.42 Å². The molecule has 22 heavy (non-hydrogen) atoms. The van der Waals surface area contributed by atoms with Crippen LogP contribution < -0.4 is 0 Å². The number of rotatable bonds is 3. The summed E-state index contributed by atoms with van der Waals surface area (Å²) in [5.74, 6) is 0.811. The molecular weight excluding hydrogens is 382 g/mol. The predicted octanol–water partition coefficient (Wildman–Crippen LogP) is 4.19. The van der Waals surface area contributed by atoms with Crippen molar-refractivity contribution >= 4 is 37.7 Å². The van der Waals surface area contributed by atoms with Crippen LogP contribution in [0.15, 0.2) is 57.9 Å². The molecule has 6 heteroatoms.